The number of aromatic nitrogens is 3. The van der Waals surface area contributed by atoms with Gasteiger partial charge in [0.2, 0.25) is 0 Å². The minimum atomic E-state index is -1.19. The second-order valence-corrected chi connectivity index (χ2v) is 5.43. The predicted molar refractivity (Wildman–Crippen MR) is 86.9 cm³/mol. The fraction of sp³-hybridized carbons (Fsp3) is 0.312. The van der Waals surface area contributed by atoms with E-state index in [0.29, 0.717) is 11.3 Å². The normalized spacial score (nSPS) is 18.2. The molecular weight excluding hydrogens is 328 g/mol. The molecule has 0 amide bonds. The number of hydrogen-bond acceptors (Lipinski definition) is 8. The highest BCUT2D eigenvalue weighted by Crippen LogP contribution is 2.33. The van der Waals surface area contributed by atoms with Crippen molar-refractivity contribution in [2.24, 2.45) is 0 Å². The lowest BCUT2D eigenvalue weighted by atomic mass is 10.1. The van der Waals surface area contributed by atoms with Crippen LogP contribution < -0.4 is 10.9 Å². The minimum Gasteiger partial charge on any atom is -0.467 e. The average molecular weight is 344 g/mol. The van der Waals surface area contributed by atoms with Gasteiger partial charge in [-0.2, -0.15) is 10.1 Å². The Kier molecular flexibility index (Phi) is 4.22. The molecule has 1 aliphatic rings. The van der Waals surface area contributed by atoms with Crippen molar-refractivity contribution in [2.45, 2.75) is 19.0 Å². The second-order valence-electron chi connectivity index (χ2n) is 5.43. The number of ether oxygens (including phenoxy) is 2. The third kappa shape index (κ3) is 2.73. The van der Waals surface area contributed by atoms with Crippen LogP contribution in [-0.2, 0) is 19.1 Å². The van der Waals surface area contributed by atoms with Gasteiger partial charge in [0.1, 0.15) is 5.69 Å². The molecular formula is C16H16N4O5. The number of hydrogen-bond donors (Lipinski definition) is 1. The maximum Gasteiger partial charge on any atom is 0.333 e. The van der Waals surface area contributed by atoms with Gasteiger partial charge >= 0.3 is 11.9 Å². The summed E-state index contributed by atoms with van der Waals surface area (Å²) < 4.78 is 10.9. The Labute approximate surface area is 142 Å². The number of nitrogens with zero attached hydrogens (tertiary/aromatic N) is 3. The monoisotopic (exact) mass is 344 g/mol. The molecule has 0 fully saturated rings. The molecule has 0 aliphatic carbocycles. The van der Waals surface area contributed by atoms with Crippen LogP contribution in [0, 0.1) is 6.92 Å². The zero-order valence-electron chi connectivity index (χ0n) is 13.8. The van der Waals surface area contributed by atoms with E-state index in [-0.39, 0.29) is 11.5 Å². The molecule has 0 spiro atoms. The molecule has 25 heavy (non-hydrogen) atoms. The lowest BCUT2D eigenvalue weighted by Gasteiger charge is -2.24. The van der Waals surface area contributed by atoms with Gasteiger partial charge in [0.25, 0.3) is 5.56 Å². The molecule has 1 aromatic heterocycles. The molecule has 0 radical (unpaired) electrons. The topological polar surface area (TPSA) is 112 Å². The molecule has 9 nitrogen and oxygen atoms in total. The SMILES string of the molecule is COC(=O)[C@@H]1Nc2ccccc2-c2nc(=O)c(C)nn2[C@H]1C(=O)OC. The first-order chi connectivity index (χ1) is 12.0. The number of fused-ring (bicyclic) bond motifs is 3. The number of anilines is 1. The maximum atomic E-state index is 12.4. The molecule has 130 valence electrons. The lowest BCUT2D eigenvalue weighted by molar-refractivity contribution is -0.152. The quantitative estimate of drug-likeness (QED) is 0.774. The Morgan fingerprint density at radius 1 is 1.16 bits per heavy atom. The lowest BCUT2D eigenvalue weighted by Crippen LogP contribution is -2.44. The molecule has 0 bridgehead atoms. The third-order valence-corrected chi connectivity index (χ3v) is 3.95. The van der Waals surface area contributed by atoms with Crippen LogP contribution in [0.1, 0.15) is 11.7 Å². The van der Waals surface area contributed by atoms with Gasteiger partial charge in [0.15, 0.2) is 17.9 Å². The zero-order valence-corrected chi connectivity index (χ0v) is 13.8. The molecule has 9 heteroatoms. The summed E-state index contributed by atoms with van der Waals surface area (Å²) in [5, 5.41) is 7.17. The van der Waals surface area contributed by atoms with Gasteiger partial charge in [-0.05, 0) is 19.1 Å². The van der Waals surface area contributed by atoms with E-state index in [9.17, 15) is 14.4 Å². The summed E-state index contributed by atoms with van der Waals surface area (Å²) in [6.45, 7) is 1.48. The van der Waals surface area contributed by atoms with E-state index in [1.54, 1.807) is 24.3 Å². The fourth-order valence-electron chi connectivity index (χ4n) is 2.72. The molecule has 1 aliphatic heterocycles. The summed E-state index contributed by atoms with van der Waals surface area (Å²) in [7, 11) is 2.43. The summed E-state index contributed by atoms with van der Waals surface area (Å²) >= 11 is 0. The van der Waals surface area contributed by atoms with Crippen LogP contribution in [0.3, 0.4) is 0 Å². The first kappa shape index (κ1) is 16.6. The third-order valence-electron chi connectivity index (χ3n) is 3.95. The molecule has 2 heterocycles. The number of carbonyl (C=O) groups is 2. The van der Waals surface area contributed by atoms with Gasteiger partial charge < -0.3 is 14.8 Å². The van der Waals surface area contributed by atoms with Gasteiger partial charge in [-0.1, -0.05) is 12.1 Å². The van der Waals surface area contributed by atoms with Crippen molar-refractivity contribution < 1.29 is 19.1 Å². The number of nitrogens with one attached hydrogen (secondary N) is 1. The Morgan fingerprint density at radius 2 is 1.84 bits per heavy atom. The number of esters is 2. The second kappa shape index (κ2) is 6.34. The minimum absolute atomic E-state index is 0.0978. The summed E-state index contributed by atoms with van der Waals surface area (Å²) in [5.41, 5.74) is 0.643. The van der Waals surface area contributed by atoms with Gasteiger partial charge in [0.05, 0.1) is 14.2 Å². The van der Waals surface area contributed by atoms with E-state index in [2.05, 4.69) is 15.4 Å². The number of benzene rings is 1. The van der Waals surface area contributed by atoms with Crippen molar-refractivity contribution in [3.63, 3.8) is 0 Å². The largest absolute Gasteiger partial charge is 0.467 e. The summed E-state index contributed by atoms with van der Waals surface area (Å²) in [5.74, 6) is -1.22. The molecule has 0 unspecified atom stereocenters. The van der Waals surface area contributed by atoms with Crippen LogP contribution in [0.5, 0.6) is 0 Å². The van der Waals surface area contributed by atoms with Gasteiger partial charge in [0, 0.05) is 11.3 Å². The van der Waals surface area contributed by atoms with Gasteiger partial charge in [-0.25, -0.2) is 14.3 Å². The van der Waals surface area contributed by atoms with Crippen LogP contribution in [0.15, 0.2) is 29.1 Å². The Hall–Kier alpha value is -3.23. The van der Waals surface area contributed by atoms with Crippen LogP contribution in [0.4, 0.5) is 5.69 Å². The van der Waals surface area contributed by atoms with Crippen LogP contribution in [-0.4, -0.2) is 47.0 Å². The van der Waals surface area contributed by atoms with Crippen molar-refractivity contribution in [3.8, 4) is 11.4 Å². The molecule has 1 N–H and O–H groups in total. The highest BCUT2D eigenvalue weighted by atomic mass is 16.5. The maximum absolute atomic E-state index is 12.4. The standard InChI is InChI=1S/C16H16N4O5/c1-8-14(21)18-13-9-6-4-5-7-10(9)17-11(15(22)24-2)12(16(23)25-3)20(13)19-8/h4-7,11-12,17H,1-3H3/t11-,12-/m1/s1. The number of para-hydroxylation sites is 1. The average Bonchev–Trinajstić information content (AvgIpc) is 2.76. The van der Waals surface area contributed by atoms with Gasteiger partial charge in [-0.15, -0.1) is 0 Å². The highest BCUT2D eigenvalue weighted by Gasteiger charge is 2.42. The number of carbonyl (C=O) groups excluding carboxylic acids is 2. The summed E-state index contributed by atoms with van der Waals surface area (Å²) in [6, 6.07) is 4.64. The number of rotatable bonds is 2. The summed E-state index contributed by atoms with van der Waals surface area (Å²) in [6.07, 6.45) is 0. The first-order valence-electron chi connectivity index (χ1n) is 7.47. The van der Waals surface area contributed by atoms with Crippen molar-refractivity contribution in [1.29, 1.82) is 0 Å². The van der Waals surface area contributed by atoms with Crippen molar-refractivity contribution >= 4 is 17.6 Å². The van der Waals surface area contributed by atoms with Gasteiger partial charge in [-0.3, -0.25) is 4.79 Å². The summed E-state index contributed by atoms with van der Waals surface area (Å²) in [4.78, 5) is 40.8. The van der Waals surface area contributed by atoms with Crippen LogP contribution in [0.25, 0.3) is 11.4 Å². The van der Waals surface area contributed by atoms with E-state index in [1.807, 2.05) is 0 Å². The molecule has 0 saturated carbocycles. The molecule has 3 rings (SSSR count). The zero-order chi connectivity index (χ0) is 18.1. The predicted octanol–water partition coefficient (Wildman–Crippen LogP) is 0.295. The number of aryl methyl sites for hydroxylation is 1. The van der Waals surface area contributed by atoms with E-state index >= 15 is 0 Å². The Morgan fingerprint density at radius 3 is 2.52 bits per heavy atom. The Balaban J connectivity index is 2.35. The van der Waals surface area contributed by atoms with Crippen molar-refractivity contribution in [2.75, 3.05) is 19.5 Å². The molecule has 2 aromatic rings. The fourth-order valence-corrected chi connectivity index (χ4v) is 2.72. The molecule has 2 atom stereocenters. The van der Waals surface area contributed by atoms with Crippen LogP contribution in [0.2, 0.25) is 0 Å². The highest BCUT2D eigenvalue weighted by molar-refractivity contribution is 5.91. The molecule has 1 aromatic carbocycles. The van der Waals surface area contributed by atoms with E-state index in [1.165, 1.54) is 25.8 Å². The smallest absolute Gasteiger partial charge is 0.333 e. The van der Waals surface area contributed by atoms with Crippen molar-refractivity contribution in [1.82, 2.24) is 14.8 Å². The van der Waals surface area contributed by atoms with Crippen molar-refractivity contribution in [3.05, 3.63) is 40.3 Å². The first-order valence-corrected chi connectivity index (χ1v) is 7.47. The van der Waals surface area contributed by atoms with E-state index in [0.717, 1.165) is 0 Å². The molecule has 0 saturated heterocycles. The van der Waals surface area contributed by atoms with Crippen LogP contribution >= 0.6 is 0 Å². The van der Waals surface area contributed by atoms with E-state index < -0.39 is 29.6 Å². The Bertz CT molecular complexity index is 908. The number of methoxy groups -OCH3 is 2. The van der Waals surface area contributed by atoms with E-state index in [4.69, 9.17) is 9.47 Å².